The van der Waals surface area contributed by atoms with Gasteiger partial charge in [0.2, 0.25) is 0 Å². The van der Waals surface area contributed by atoms with E-state index in [9.17, 15) is 0 Å². The lowest BCUT2D eigenvalue weighted by Gasteiger charge is -2.24. The highest BCUT2D eigenvalue weighted by Gasteiger charge is 2.19. The van der Waals surface area contributed by atoms with Gasteiger partial charge in [-0.05, 0) is 26.0 Å². The standard InChI is InChI=1S/C15H21ClN4/c1-19(12-4-2-3-5-12)8-9-20-14-6-7-17-11-13(14)18-15(20)10-16/h6-7,11-12H,2-5,8-10H2,1H3. The van der Waals surface area contributed by atoms with E-state index in [2.05, 4.69) is 26.5 Å². The van der Waals surface area contributed by atoms with Crippen LogP contribution in [0.2, 0.25) is 0 Å². The number of aromatic nitrogens is 3. The number of nitrogens with zero attached hydrogens (tertiary/aromatic N) is 4. The van der Waals surface area contributed by atoms with Gasteiger partial charge in [0.1, 0.15) is 11.3 Å². The van der Waals surface area contributed by atoms with E-state index in [4.69, 9.17) is 11.6 Å². The maximum atomic E-state index is 6.03. The van der Waals surface area contributed by atoms with E-state index >= 15 is 0 Å². The van der Waals surface area contributed by atoms with Crippen LogP contribution in [0.5, 0.6) is 0 Å². The van der Waals surface area contributed by atoms with Crippen molar-refractivity contribution in [3.63, 3.8) is 0 Å². The third-order valence-corrected chi connectivity index (χ3v) is 4.61. The first-order valence-corrected chi connectivity index (χ1v) is 7.88. The predicted molar refractivity (Wildman–Crippen MR) is 82.0 cm³/mol. The summed E-state index contributed by atoms with van der Waals surface area (Å²) < 4.78 is 2.23. The van der Waals surface area contributed by atoms with E-state index in [1.54, 1.807) is 0 Å². The van der Waals surface area contributed by atoms with Gasteiger partial charge in [0.05, 0.1) is 17.6 Å². The van der Waals surface area contributed by atoms with Gasteiger partial charge in [-0.3, -0.25) is 4.98 Å². The summed E-state index contributed by atoms with van der Waals surface area (Å²) in [7, 11) is 2.23. The maximum absolute atomic E-state index is 6.03. The van der Waals surface area contributed by atoms with Crippen LogP contribution < -0.4 is 0 Å². The van der Waals surface area contributed by atoms with Gasteiger partial charge in [0.15, 0.2) is 0 Å². The number of pyridine rings is 1. The first kappa shape index (κ1) is 13.8. The second-order valence-corrected chi connectivity index (χ2v) is 5.86. The van der Waals surface area contributed by atoms with Gasteiger partial charge in [0, 0.05) is 25.3 Å². The fraction of sp³-hybridized carbons (Fsp3) is 0.600. The molecule has 0 aromatic carbocycles. The Labute approximate surface area is 124 Å². The summed E-state index contributed by atoms with van der Waals surface area (Å²) in [5.74, 6) is 1.39. The second kappa shape index (κ2) is 6.10. The van der Waals surface area contributed by atoms with Crippen LogP contribution in [-0.2, 0) is 12.4 Å². The van der Waals surface area contributed by atoms with Crippen molar-refractivity contribution in [2.24, 2.45) is 0 Å². The van der Waals surface area contributed by atoms with Gasteiger partial charge in [-0.1, -0.05) is 12.8 Å². The molecule has 108 valence electrons. The van der Waals surface area contributed by atoms with E-state index in [1.165, 1.54) is 25.7 Å². The number of alkyl halides is 1. The molecule has 1 saturated carbocycles. The average Bonchev–Trinajstić information content (AvgIpc) is 3.12. The molecule has 0 spiro atoms. The molecule has 2 aromatic rings. The molecule has 0 bridgehead atoms. The van der Waals surface area contributed by atoms with Crippen LogP contribution in [0.25, 0.3) is 11.0 Å². The second-order valence-electron chi connectivity index (χ2n) is 5.60. The van der Waals surface area contributed by atoms with Crippen molar-refractivity contribution in [2.75, 3.05) is 13.6 Å². The molecular formula is C15H21ClN4. The Morgan fingerprint density at radius 2 is 2.20 bits per heavy atom. The molecule has 0 atom stereocenters. The first-order chi connectivity index (χ1) is 9.79. The number of hydrogen-bond donors (Lipinski definition) is 0. The Kier molecular flexibility index (Phi) is 4.22. The highest BCUT2D eigenvalue weighted by molar-refractivity contribution is 6.16. The molecule has 3 rings (SSSR count). The lowest BCUT2D eigenvalue weighted by atomic mass is 10.2. The highest BCUT2D eigenvalue weighted by Crippen LogP contribution is 2.23. The SMILES string of the molecule is CN(CCn1c(CCl)nc2cnccc21)C1CCCC1. The molecule has 0 amide bonds. The summed E-state index contributed by atoms with van der Waals surface area (Å²) >= 11 is 6.03. The van der Waals surface area contributed by atoms with E-state index < -0.39 is 0 Å². The van der Waals surface area contributed by atoms with Crippen molar-refractivity contribution in [1.82, 2.24) is 19.4 Å². The fourth-order valence-electron chi connectivity index (χ4n) is 3.17. The number of imidazole rings is 1. The summed E-state index contributed by atoms with van der Waals surface area (Å²) in [6, 6.07) is 2.78. The molecule has 2 aromatic heterocycles. The number of fused-ring (bicyclic) bond motifs is 1. The molecule has 4 nitrogen and oxygen atoms in total. The molecule has 1 fully saturated rings. The summed E-state index contributed by atoms with van der Waals surface area (Å²) in [5, 5.41) is 0. The van der Waals surface area contributed by atoms with Gasteiger partial charge in [-0.15, -0.1) is 11.6 Å². The third kappa shape index (κ3) is 2.67. The Morgan fingerprint density at radius 1 is 1.40 bits per heavy atom. The zero-order valence-electron chi connectivity index (χ0n) is 11.9. The van der Waals surface area contributed by atoms with Crippen LogP contribution in [0.15, 0.2) is 18.5 Å². The smallest absolute Gasteiger partial charge is 0.124 e. The summed E-state index contributed by atoms with van der Waals surface area (Å²) in [4.78, 5) is 11.2. The number of halogens is 1. The van der Waals surface area contributed by atoms with E-state index in [1.807, 2.05) is 18.5 Å². The zero-order valence-corrected chi connectivity index (χ0v) is 12.7. The van der Waals surface area contributed by atoms with Gasteiger partial charge in [-0.25, -0.2) is 4.98 Å². The molecule has 5 heteroatoms. The highest BCUT2D eigenvalue weighted by atomic mass is 35.5. The molecular weight excluding hydrogens is 272 g/mol. The monoisotopic (exact) mass is 292 g/mol. The minimum absolute atomic E-state index is 0.446. The van der Waals surface area contributed by atoms with Crippen molar-refractivity contribution in [3.05, 3.63) is 24.3 Å². The van der Waals surface area contributed by atoms with Crippen LogP contribution in [-0.4, -0.2) is 39.1 Å². The Bertz CT molecular complexity index is 574. The molecule has 0 radical (unpaired) electrons. The van der Waals surface area contributed by atoms with Crippen molar-refractivity contribution < 1.29 is 0 Å². The molecule has 2 heterocycles. The lowest BCUT2D eigenvalue weighted by molar-refractivity contribution is 0.236. The van der Waals surface area contributed by atoms with Crippen molar-refractivity contribution in [1.29, 1.82) is 0 Å². The predicted octanol–water partition coefficient (Wildman–Crippen LogP) is 3.04. The summed E-state index contributed by atoms with van der Waals surface area (Å²) in [6.07, 6.45) is 9.06. The molecule has 0 saturated heterocycles. The fourth-order valence-corrected chi connectivity index (χ4v) is 3.37. The van der Waals surface area contributed by atoms with E-state index in [0.717, 1.165) is 36.0 Å². The summed E-state index contributed by atoms with van der Waals surface area (Å²) in [5.41, 5.74) is 2.07. The van der Waals surface area contributed by atoms with Crippen LogP contribution in [0, 0.1) is 0 Å². The Morgan fingerprint density at radius 3 is 2.95 bits per heavy atom. The molecule has 0 N–H and O–H groups in total. The van der Waals surface area contributed by atoms with Crippen molar-refractivity contribution in [2.45, 2.75) is 44.1 Å². The number of likely N-dealkylation sites (N-methyl/N-ethyl adjacent to an activating group) is 1. The normalized spacial score (nSPS) is 16.6. The lowest BCUT2D eigenvalue weighted by Crippen LogP contribution is -2.32. The molecule has 0 unspecified atom stereocenters. The average molecular weight is 293 g/mol. The first-order valence-electron chi connectivity index (χ1n) is 7.35. The van der Waals surface area contributed by atoms with Gasteiger partial charge in [-0.2, -0.15) is 0 Å². The minimum atomic E-state index is 0.446. The molecule has 1 aliphatic carbocycles. The Hall–Kier alpha value is -1.13. The number of hydrogen-bond acceptors (Lipinski definition) is 3. The van der Waals surface area contributed by atoms with Gasteiger partial charge in [0.25, 0.3) is 0 Å². The van der Waals surface area contributed by atoms with Crippen molar-refractivity contribution in [3.8, 4) is 0 Å². The molecule has 0 aliphatic heterocycles. The minimum Gasteiger partial charge on any atom is -0.326 e. The Balaban J connectivity index is 1.76. The van der Waals surface area contributed by atoms with Crippen molar-refractivity contribution >= 4 is 22.6 Å². The third-order valence-electron chi connectivity index (χ3n) is 4.37. The van der Waals surface area contributed by atoms with E-state index in [0.29, 0.717) is 5.88 Å². The van der Waals surface area contributed by atoms with Crippen LogP contribution in [0.3, 0.4) is 0 Å². The van der Waals surface area contributed by atoms with Gasteiger partial charge < -0.3 is 9.47 Å². The molecule has 20 heavy (non-hydrogen) atoms. The van der Waals surface area contributed by atoms with E-state index in [-0.39, 0.29) is 0 Å². The van der Waals surface area contributed by atoms with Crippen LogP contribution in [0.4, 0.5) is 0 Å². The van der Waals surface area contributed by atoms with Crippen LogP contribution in [0.1, 0.15) is 31.5 Å². The topological polar surface area (TPSA) is 34.0 Å². The van der Waals surface area contributed by atoms with Gasteiger partial charge >= 0.3 is 0 Å². The quantitative estimate of drug-likeness (QED) is 0.794. The summed E-state index contributed by atoms with van der Waals surface area (Å²) in [6.45, 7) is 1.98. The molecule has 1 aliphatic rings. The number of rotatable bonds is 5. The largest absolute Gasteiger partial charge is 0.326 e. The maximum Gasteiger partial charge on any atom is 0.124 e. The zero-order chi connectivity index (χ0) is 13.9. The van der Waals surface area contributed by atoms with Crippen LogP contribution >= 0.6 is 11.6 Å².